The van der Waals surface area contributed by atoms with Crippen LogP contribution in [0.1, 0.15) is 30.8 Å². The minimum Gasteiger partial charge on any atom is -0.464 e. The number of hydrogen-bond acceptors (Lipinski definition) is 4. The van der Waals surface area contributed by atoms with Crippen LogP contribution in [0.2, 0.25) is 0 Å². The molecule has 1 aromatic rings. The highest BCUT2D eigenvalue weighted by Crippen LogP contribution is 2.47. The minimum atomic E-state index is -2.98. The summed E-state index contributed by atoms with van der Waals surface area (Å²) in [5.41, 5.74) is 0. The second kappa shape index (κ2) is 4.24. The van der Waals surface area contributed by atoms with Crippen molar-refractivity contribution in [3.8, 4) is 0 Å². The van der Waals surface area contributed by atoms with Crippen molar-refractivity contribution in [2.75, 3.05) is 5.75 Å². The van der Waals surface area contributed by atoms with Gasteiger partial charge in [-0.3, -0.25) is 0 Å². The quantitative estimate of drug-likeness (QED) is 0.903. The molecule has 18 heavy (non-hydrogen) atoms. The van der Waals surface area contributed by atoms with Gasteiger partial charge >= 0.3 is 0 Å². The number of furan rings is 1. The maximum absolute atomic E-state index is 11.2. The van der Waals surface area contributed by atoms with Gasteiger partial charge in [0.25, 0.3) is 0 Å². The highest BCUT2D eigenvalue weighted by Gasteiger charge is 2.36. The standard InChI is InChI=1S/C13H17NO3S/c1-9-6-12(9)13-3-2-11(17-13)7-14-10-4-5-18(15,16)8-10/h2-5,9-10,12,14H,6-8H2,1H3. The van der Waals surface area contributed by atoms with E-state index in [-0.39, 0.29) is 11.8 Å². The summed E-state index contributed by atoms with van der Waals surface area (Å²) in [6.45, 7) is 2.80. The fourth-order valence-corrected chi connectivity index (χ4v) is 3.61. The van der Waals surface area contributed by atoms with Crippen LogP contribution in [0.4, 0.5) is 0 Å². The van der Waals surface area contributed by atoms with Crippen LogP contribution < -0.4 is 5.32 Å². The zero-order chi connectivity index (χ0) is 12.8. The van der Waals surface area contributed by atoms with Crippen molar-refractivity contribution in [3.63, 3.8) is 0 Å². The van der Waals surface area contributed by atoms with E-state index in [9.17, 15) is 8.42 Å². The molecule has 1 fully saturated rings. The van der Waals surface area contributed by atoms with E-state index in [0.29, 0.717) is 12.5 Å². The van der Waals surface area contributed by atoms with Gasteiger partial charge in [0.2, 0.25) is 0 Å². The van der Waals surface area contributed by atoms with Gasteiger partial charge in [-0.25, -0.2) is 8.42 Å². The molecule has 3 rings (SSSR count). The molecule has 0 saturated heterocycles. The third kappa shape index (κ3) is 2.52. The molecule has 0 spiro atoms. The molecular weight excluding hydrogens is 250 g/mol. The van der Waals surface area contributed by atoms with Crippen LogP contribution in [0, 0.1) is 5.92 Å². The Balaban J connectivity index is 1.55. The van der Waals surface area contributed by atoms with Gasteiger partial charge in [-0.05, 0) is 24.5 Å². The first kappa shape index (κ1) is 12.0. The van der Waals surface area contributed by atoms with E-state index in [4.69, 9.17) is 4.42 Å². The molecule has 98 valence electrons. The number of hydrogen-bond donors (Lipinski definition) is 1. The van der Waals surface area contributed by atoms with E-state index in [1.165, 1.54) is 11.8 Å². The Labute approximate surface area is 107 Å². The highest BCUT2D eigenvalue weighted by molar-refractivity contribution is 7.94. The van der Waals surface area contributed by atoms with Crippen molar-refractivity contribution in [2.24, 2.45) is 5.92 Å². The largest absolute Gasteiger partial charge is 0.464 e. The summed E-state index contributed by atoms with van der Waals surface area (Å²) >= 11 is 0. The van der Waals surface area contributed by atoms with Crippen molar-refractivity contribution in [3.05, 3.63) is 35.1 Å². The van der Waals surface area contributed by atoms with E-state index in [1.54, 1.807) is 6.08 Å². The fraction of sp³-hybridized carbons (Fsp3) is 0.538. The van der Waals surface area contributed by atoms with Gasteiger partial charge in [0.1, 0.15) is 11.5 Å². The average Bonchev–Trinajstić information content (AvgIpc) is 2.76. The lowest BCUT2D eigenvalue weighted by Crippen LogP contribution is -2.29. The molecule has 0 bridgehead atoms. The topological polar surface area (TPSA) is 59.3 Å². The van der Waals surface area contributed by atoms with Gasteiger partial charge < -0.3 is 9.73 Å². The average molecular weight is 267 g/mol. The molecule has 1 aliphatic heterocycles. The highest BCUT2D eigenvalue weighted by atomic mass is 32.2. The normalized spacial score (nSPS) is 32.8. The summed E-state index contributed by atoms with van der Waals surface area (Å²) in [6.07, 6.45) is 2.91. The van der Waals surface area contributed by atoms with Crippen LogP contribution >= 0.6 is 0 Å². The van der Waals surface area contributed by atoms with Crippen LogP contribution in [0.25, 0.3) is 0 Å². The lowest BCUT2D eigenvalue weighted by Gasteiger charge is -2.07. The first-order chi connectivity index (χ1) is 8.53. The summed E-state index contributed by atoms with van der Waals surface area (Å²) in [5.74, 6) is 3.42. The van der Waals surface area contributed by atoms with Gasteiger partial charge in [-0.2, -0.15) is 0 Å². The smallest absolute Gasteiger partial charge is 0.173 e. The van der Waals surface area contributed by atoms with E-state index < -0.39 is 9.84 Å². The van der Waals surface area contributed by atoms with Crippen LogP contribution in [-0.2, 0) is 16.4 Å². The lowest BCUT2D eigenvalue weighted by atomic mass is 10.3. The SMILES string of the molecule is CC1CC1c1ccc(CNC2C=CS(=O)(=O)C2)o1. The molecule has 0 amide bonds. The zero-order valence-corrected chi connectivity index (χ0v) is 11.1. The molecule has 1 N–H and O–H groups in total. The maximum atomic E-state index is 11.2. The molecule has 4 nitrogen and oxygen atoms in total. The Hall–Kier alpha value is -1.07. The summed E-state index contributed by atoms with van der Waals surface area (Å²) in [6, 6.07) is 3.91. The predicted octanol–water partition coefficient (Wildman–Crippen LogP) is 1.80. The second-order valence-corrected chi connectivity index (χ2v) is 7.20. The molecule has 1 saturated carbocycles. The number of rotatable bonds is 4. The Morgan fingerprint density at radius 2 is 2.22 bits per heavy atom. The van der Waals surface area contributed by atoms with E-state index >= 15 is 0 Å². The monoisotopic (exact) mass is 267 g/mol. The fourth-order valence-electron chi connectivity index (χ4n) is 2.34. The van der Waals surface area contributed by atoms with Gasteiger partial charge in [0, 0.05) is 17.4 Å². The van der Waals surface area contributed by atoms with Gasteiger partial charge in [-0.15, -0.1) is 0 Å². The third-order valence-electron chi connectivity index (χ3n) is 3.63. The summed E-state index contributed by atoms with van der Waals surface area (Å²) in [5, 5.41) is 4.46. The van der Waals surface area contributed by atoms with Crippen molar-refractivity contribution >= 4 is 9.84 Å². The number of nitrogens with one attached hydrogen (secondary N) is 1. The summed E-state index contributed by atoms with van der Waals surface area (Å²) in [7, 11) is -2.98. The van der Waals surface area contributed by atoms with E-state index in [1.807, 2.05) is 12.1 Å². The van der Waals surface area contributed by atoms with Crippen LogP contribution in [0.3, 0.4) is 0 Å². The Morgan fingerprint density at radius 3 is 2.83 bits per heavy atom. The molecule has 1 aliphatic carbocycles. The van der Waals surface area contributed by atoms with Gasteiger partial charge in [-0.1, -0.05) is 13.0 Å². The predicted molar refractivity (Wildman–Crippen MR) is 68.8 cm³/mol. The van der Waals surface area contributed by atoms with Gasteiger partial charge in [0.15, 0.2) is 9.84 Å². The Kier molecular flexibility index (Phi) is 2.83. The summed E-state index contributed by atoms with van der Waals surface area (Å²) in [4.78, 5) is 0. The maximum Gasteiger partial charge on any atom is 0.173 e. The Bertz CT molecular complexity index is 573. The van der Waals surface area contributed by atoms with Crippen molar-refractivity contribution < 1.29 is 12.8 Å². The van der Waals surface area contributed by atoms with Crippen molar-refractivity contribution in [1.82, 2.24) is 5.32 Å². The first-order valence-corrected chi connectivity index (χ1v) is 7.98. The van der Waals surface area contributed by atoms with Crippen molar-refractivity contribution in [2.45, 2.75) is 31.8 Å². The van der Waals surface area contributed by atoms with Crippen LogP contribution in [0.15, 0.2) is 28.0 Å². The minimum absolute atomic E-state index is 0.0941. The van der Waals surface area contributed by atoms with E-state index in [2.05, 4.69) is 12.2 Å². The zero-order valence-electron chi connectivity index (χ0n) is 10.3. The van der Waals surface area contributed by atoms with Crippen molar-refractivity contribution in [1.29, 1.82) is 0 Å². The molecule has 0 aromatic carbocycles. The van der Waals surface area contributed by atoms with E-state index in [0.717, 1.165) is 17.4 Å². The van der Waals surface area contributed by atoms with Crippen LogP contribution in [-0.4, -0.2) is 20.2 Å². The summed E-state index contributed by atoms with van der Waals surface area (Å²) < 4.78 is 28.2. The molecule has 3 atom stereocenters. The number of sulfone groups is 1. The first-order valence-electron chi connectivity index (χ1n) is 6.26. The molecule has 2 heterocycles. The van der Waals surface area contributed by atoms with Crippen LogP contribution in [0.5, 0.6) is 0 Å². The molecule has 3 unspecified atom stereocenters. The molecule has 2 aliphatic rings. The molecule has 0 radical (unpaired) electrons. The molecular formula is C13H17NO3S. The molecule has 5 heteroatoms. The lowest BCUT2D eigenvalue weighted by molar-refractivity contribution is 0.439. The third-order valence-corrected chi connectivity index (χ3v) is 5.02. The molecule has 1 aromatic heterocycles. The Morgan fingerprint density at radius 1 is 1.44 bits per heavy atom. The second-order valence-electron chi connectivity index (χ2n) is 5.27. The van der Waals surface area contributed by atoms with Gasteiger partial charge in [0.05, 0.1) is 12.3 Å².